The van der Waals surface area contributed by atoms with Crippen molar-refractivity contribution in [3.63, 3.8) is 0 Å². The number of likely N-dealkylation sites (tertiary alicyclic amines) is 1. The fourth-order valence-electron chi connectivity index (χ4n) is 3.01. The molecule has 0 bridgehead atoms. The van der Waals surface area contributed by atoms with Gasteiger partial charge in [0, 0.05) is 19.0 Å². The van der Waals surface area contributed by atoms with Gasteiger partial charge in [0.25, 0.3) is 0 Å². The highest BCUT2D eigenvalue weighted by Gasteiger charge is 2.30. The highest BCUT2D eigenvalue weighted by atomic mass is 19.4. The summed E-state index contributed by atoms with van der Waals surface area (Å²) in [6.45, 7) is 0.573. The van der Waals surface area contributed by atoms with E-state index in [4.69, 9.17) is 5.11 Å². The van der Waals surface area contributed by atoms with Gasteiger partial charge in [0.1, 0.15) is 0 Å². The van der Waals surface area contributed by atoms with E-state index in [0.717, 1.165) is 31.4 Å². The number of nitrogens with zero attached hydrogens (tertiary/aromatic N) is 1. The molecule has 2 rings (SSSR count). The third kappa shape index (κ3) is 4.97. The standard InChI is InChI=1S/C17H20F3NO3/c18-17(19,20)13-6-4-12(5-7-13)11-15(22)21-10-2-1-3-14(21)8-9-16(23)24/h4-7,14H,1-3,8-11H2,(H,23,24). The van der Waals surface area contributed by atoms with Crippen molar-refractivity contribution in [1.82, 2.24) is 4.90 Å². The van der Waals surface area contributed by atoms with Gasteiger partial charge in [-0.15, -0.1) is 0 Å². The minimum Gasteiger partial charge on any atom is -0.481 e. The quantitative estimate of drug-likeness (QED) is 0.890. The van der Waals surface area contributed by atoms with Crippen LogP contribution in [0, 0.1) is 0 Å². The Morgan fingerprint density at radius 2 is 1.83 bits per heavy atom. The SMILES string of the molecule is O=C(O)CCC1CCCCN1C(=O)Cc1ccc(C(F)(F)F)cc1. The molecule has 24 heavy (non-hydrogen) atoms. The van der Waals surface area contributed by atoms with Crippen molar-refractivity contribution < 1.29 is 27.9 Å². The van der Waals surface area contributed by atoms with E-state index in [1.54, 1.807) is 4.90 Å². The van der Waals surface area contributed by atoms with Gasteiger partial charge in [0.15, 0.2) is 0 Å². The maximum Gasteiger partial charge on any atom is 0.416 e. The summed E-state index contributed by atoms with van der Waals surface area (Å²) in [4.78, 5) is 24.9. The van der Waals surface area contributed by atoms with E-state index in [0.29, 0.717) is 18.5 Å². The zero-order valence-electron chi connectivity index (χ0n) is 13.2. The lowest BCUT2D eigenvalue weighted by Crippen LogP contribution is -2.44. The summed E-state index contributed by atoms with van der Waals surface area (Å²) < 4.78 is 37.7. The summed E-state index contributed by atoms with van der Waals surface area (Å²) in [6.07, 6.45) is -1.36. The molecule has 0 radical (unpaired) electrons. The number of hydrogen-bond acceptors (Lipinski definition) is 2. The number of carbonyl (C=O) groups is 2. The van der Waals surface area contributed by atoms with Crippen molar-refractivity contribution in [2.75, 3.05) is 6.54 Å². The van der Waals surface area contributed by atoms with Crippen LogP contribution >= 0.6 is 0 Å². The number of aliphatic carboxylic acids is 1. The number of carboxylic acids is 1. The van der Waals surface area contributed by atoms with Crippen LogP contribution in [0.15, 0.2) is 24.3 Å². The van der Waals surface area contributed by atoms with E-state index in [1.165, 1.54) is 12.1 Å². The lowest BCUT2D eigenvalue weighted by Gasteiger charge is -2.35. The maximum absolute atomic E-state index is 12.6. The van der Waals surface area contributed by atoms with Crippen LogP contribution in [-0.4, -0.2) is 34.5 Å². The number of piperidine rings is 1. The van der Waals surface area contributed by atoms with Gasteiger partial charge in [0.05, 0.1) is 12.0 Å². The molecule has 0 spiro atoms. The van der Waals surface area contributed by atoms with Crippen LogP contribution < -0.4 is 0 Å². The lowest BCUT2D eigenvalue weighted by molar-refractivity contribution is -0.140. The molecule has 0 aromatic heterocycles. The second kappa shape index (κ2) is 7.68. The highest BCUT2D eigenvalue weighted by molar-refractivity contribution is 5.79. The molecule has 1 fully saturated rings. The molecular weight excluding hydrogens is 323 g/mol. The fraction of sp³-hybridized carbons (Fsp3) is 0.529. The normalized spacial score (nSPS) is 18.5. The van der Waals surface area contributed by atoms with Gasteiger partial charge >= 0.3 is 12.1 Å². The maximum atomic E-state index is 12.6. The first-order chi connectivity index (χ1) is 11.3. The average molecular weight is 343 g/mol. The summed E-state index contributed by atoms with van der Waals surface area (Å²) in [5.41, 5.74) is -0.216. The molecule has 1 aliphatic rings. The lowest BCUT2D eigenvalue weighted by atomic mass is 9.97. The van der Waals surface area contributed by atoms with Crippen LogP contribution in [0.1, 0.15) is 43.2 Å². The minimum atomic E-state index is -4.39. The number of benzene rings is 1. The topological polar surface area (TPSA) is 57.6 Å². The third-order valence-electron chi connectivity index (χ3n) is 4.28. The monoisotopic (exact) mass is 343 g/mol. The van der Waals surface area contributed by atoms with Crippen LogP contribution in [0.2, 0.25) is 0 Å². The minimum absolute atomic E-state index is 0.00866. The number of carbonyl (C=O) groups excluding carboxylic acids is 1. The summed E-state index contributed by atoms with van der Waals surface area (Å²) in [5.74, 6) is -1.06. The highest BCUT2D eigenvalue weighted by Crippen LogP contribution is 2.29. The van der Waals surface area contributed by atoms with Crippen molar-refractivity contribution in [3.05, 3.63) is 35.4 Å². The molecule has 0 aliphatic carbocycles. The second-order valence-corrected chi connectivity index (χ2v) is 6.04. The van der Waals surface area contributed by atoms with Gasteiger partial charge < -0.3 is 10.0 Å². The van der Waals surface area contributed by atoms with Gasteiger partial charge in [-0.3, -0.25) is 9.59 Å². The fourth-order valence-corrected chi connectivity index (χ4v) is 3.01. The molecular formula is C17H20F3NO3. The molecule has 4 nitrogen and oxygen atoms in total. The van der Waals surface area contributed by atoms with Crippen LogP contribution in [0.25, 0.3) is 0 Å². The molecule has 1 N–H and O–H groups in total. The van der Waals surface area contributed by atoms with Crippen molar-refractivity contribution >= 4 is 11.9 Å². The first-order valence-corrected chi connectivity index (χ1v) is 7.95. The Hall–Kier alpha value is -2.05. The van der Waals surface area contributed by atoms with Crippen molar-refractivity contribution in [2.45, 2.75) is 50.7 Å². The van der Waals surface area contributed by atoms with Crippen LogP contribution in [0.3, 0.4) is 0 Å². The predicted octanol–water partition coefficient (Wildman–Crippen LogP) is 3.49. The Bertz CT molecular complexity index is 584. The smallest absolute Gasteiger partial charge is 0.416 e. The zero-order valence-corrected chi connectivity index (χ0v) is 13.2. The molecule has 1 saturated heterocycles. The van der Waals surface area contributed by atoms with E-state index in [-0.39, 0.29) is 24.8 Å². The Morgan fingerprint density at radius 1 is 1.17 bits per heavy atom. The average Bonchev–Trinajstić information content (AvgIpc) is 2.52. The van der Waals surface area contributed by atoms with Gasteiger partial charge in [-0.25, -0.2) is 0 Å². The molecule has 7 heteroatoms. The molecule has 1 unspecified atom stereocenters. The van der Waals surface area contributed by atoms with Gasteiger partial charge in [0.2, 0.25) is 5.91 Å². The van der Waals surface area contributed by atoms with Crippen LogP contribution in [0.4, 0.5) is 13.2 Å². The number of halogens is 3. The third-order valence-corrected chi connectivity index (χ3v) is 4.28. The Kier molecular flexibility index (Phi) is 5.85. The molecule has 1 aliphatic heterocycles. The number of carboxylic acid groups (broad SMARTS) is 1. The summed E-state index contributed by atoms with van der Waals surface area (Å²) in [7, 11) is 0. The number of alkyl halides is 3. The number of amides is 1. The van der Waals surface area contributed by atoms with E-state index in [2.05, 4.69) is 0 Å². The van der Waals surface area contributed by atoms with Crippen molar-refractivity contribution in [3.8, 4) is 0 Å². The summed E-state index contributed by atoms with van der Waals surface area (Å²) in [5, 5.41) is 8.80. The van der Waals surface area contributed by atoms with E-state index >= 15 is 0 Å². The number of rotatable bonds is 5. The van der Waals surface area contributed by atoms with Gasteiger partial charge in [-0.05, 0) is 43.4 Å². The molecule has 1 heterocycles. The molecule has 1 aromatic carbocycles. The van der Waals surface area contributed by atoms with E-state index in [9.17, 15) is 22.8 Å². The Labute approximate surface area is 138 Å². The van der Waals surface area contributed by atoms with Crippen LogP contribution in [-0.2, 0) is 22.2 Å². The molecule has 132 valence electrons. The molecule has 1 aromatic rings. The zero-order chi connectivity index (χ0) is 17.7. The number of hydrogen-bond donors (Lipinski definition) is 1. The van der Waals surface area contributed by atoms with Crippen molar-refractivity contribution in [1.29, 1.82) is 0 Å². The summed E-state index contributed by atoms with van der Waals surface area (Å²) in [6, 6.07) is 4.48. The van der Waals surface area contributed by atoms with E-state index in [1.807, 2.05) is 0 Å². The second-order valence-electron chi connectivity index (χ2n) is 6.04. The predicted molar refractivity (Wildman–Crippen MR) is 81.4 cm³/mol. The Balaban J connectivity index is 2.00. The molecule has 1 atom stereocenters. The van der Waals surface area contributed by atoms with Crippen molar-refractivity contribution in [2.24, 2.45) is 0 Å². The van der Waals surface area contributed by atoms with Crippen LogP contribution in [0.5, 0.6) is 0 Å². The first kappa shape index (κ1) is 18.3. The largest absolute Gasteiger partial charge is 0.481 e. The molecule has 1 amide bonds. The first-order valence-electron chi connectivity index (χ1n) is 7.95. The Morgan fingerprint density at radius 3 is 2.42 bits per heavy atom. The summed E-state index contributed by atoms with van der Waals surface area (Å²) >= 11 is 0. The molecule has 0 saturated carbocycles. The van der Waals surface area contributed by atoms with Gasteiger partial charge in [-0.2, -0.15) is 13.2 Å². The van der Waals surface area contributed by atoms with E-state index < -0.39 is 17.7 Å². The van der Waals surface area contributed by atoms with Gasteiger partial charge in [-0.1, -0.05) is 12.1 Å².